The molecule has 102 valence electrons. The van der Waals surface area contributed by atoms with Crippen molar-refractivity contribution in [3.05, 3.63) is 29.3 Å². The van der Waals surface area contributed by atoms with Crippen molar-refractivity contribution in [3.8, 4) is 5.75 Å². The Morgan fingerprint density at radius 1 is 1.11 bits per heavy atom. The summed E-state index contributed by atoms with van der Waals surface area (Å²) >= 11 is 0. The second kappa shape index (κ2) is 6.82. The maximum atomic E-state index is 5.51. The van der Waals surface area contributed by atoms with Crippen LogP contribution in [0.15, 0.2) is 18.2 Å². The molecule has 1 nitrogen and oxygen atoms in total. The summed E-state index contributed by atoms with van der Waals surface area (Å²) in [6.07, 6.45) is 6.52. The molecule has 0 heterocycles. The van der Waals surface area contributed by atoms with E-state index >= 15 is 0 Å². The molecule has 0 aliphatic carbocycles. The Morgan fingerprint density at radius 3 is 2.44 bits per heavy atom. The minimum absolute atomic E-state index is 0.200. The Morgan fingerprint density at radius 2 is 1.83 bits per heavy atom. The molecule has 0 aliphatic rings. The Balaban J connectivity index is 2.79. The largest absolute Gasteiger partial charge is 0.496 e. The minimum Gasteiger partial charge on any atom is -0.496 e. The van der Waals surface area contributed by atoms with Gasteiger partial charge in [-0.25, -0.2) is 0 Å². The Kier molecular flexibility index (Phi) is 5.71. The summed E-state index contributed by atoms with van der Waals surface area (Å²) < 4.78 is 5.51. The maximum Gasteiger partial charge on any atom is 0.122 e. The number of hydrogen-bond donors (Lipinski definition) is 0. The van der Waals surface area contributed by atoms with Gasteiger partial charge in [-0.1, -0.05) is 64.2 Å². The number of unbranched alkanes of at least 4 members (excludes halogenated alkanes) is 3. The van der Waals surface area contributed by atoms with Crippen LogP contribution in [0.5, 0.6) is 5.75 Å². The molecule has 1 aromatic carbocycles. The van der Waals surface area contributed by atoms with Gasteiger partial charge in [0.2, 0.25) is 0 Å². The second-order valence-electron chi connectivity index (χ2n) is 5.90. The van der Waals surface area contributed by atoms with Gasteiger partial charge in [-0.3, -0.25) is 0 Å². The highest BCUT2D eigenvalue weighted by Crippen LogP contribution is 2.36. The number of rotatable bonds is 7. The van der Waals surface area contributed by atoms with Crippen molar-refractivity contribution in [1.82, 2.24) is 0 Å². The van der Waals surface area contributed by atoms with Crippen molar-refractivity contribution in [1.29, 1.82) is 0 Å². The van der Waals surface area contributed by atoms with Gasteiger partial charge in [0.15, 0.2) is 0 Å². The molecule has 0 amide bonds. The van der Waals surface area contributed by atoms with E-state index in [9.17, 15) is 0 Å². The Labute approximate surface area is 113 Å². The summed E-state index contributed by atoms with van der Waals surface area (Å²) in [4.78, 5) is 0. The lowest BCUT2D eigenvalue weighted by Crippen LogP contribution is -2.18. The number of aryl methyl sites for hydroxylation is 1. The van der Waals surface area contributed by atoms with E-state index in [0.29, 0.717) is 0 Å². The summed E-state index contributed by atoms with van der Waals surface area (Å²) in [5.74, 6) is 1.03. The Bertz CT molecular complexity index is 366. The van der Waals surface area contributed by atoms with E-state index in [1.54, 1.807) is 7.11 Å². The molecule has 0 atom stereocenters. The zero-order chi connectivity index (χ0) is 13.6. The molecule has 0 N–H and O–H groups in total. The molecule has 0 radical (unpaired) electrons. The van der Waals surface area contributed by atoms with Gasteiger partial charge in [-0.15, -0.1) is 0 Å². The van der Waals surface area contributed by atoms with Gasteiger partial charge in [-0.2, -0.15) is 0 Å². The van der Waals surface area contributed by atoms with Crippen molar-refractivity contribution in [2.24, 2.45) is 0 Å². The molecule has 0 saturated heterocycles. The molecule has 0 fully saturated rings. The van der Waals surface area contributed by atoms with E-state index in [2.05, 4.69) is 45.9 Å². The van der Waals surface area contributed by atoms with E-state index in [-0.39, 0.29) is 5.41 Å². The van der Waals surface area contributed by atoms with Crippen LogP contribution in [-0.2, 0) is 5.41 Å². The maximum absolute atomic E-state index is 5.51. The fourth-order valence-corrected chi connectivity index (χ4v) is 2.48. The summed E-state index contributed by atoms with van der Waals surface area (Å²) in [6, 6.07) is 6.49. The van der Waals surface area contributed by atoms with Crippen molar-refractivity contribution in [3.63, 3.8) is 0 Å². The molecule has 0 bridgehead atoms. The lowest BCUT2D eigenvalue weighted by atomic mass is 9.79. The molecule has 0 unspecified atom stereocenters. The fraction of sp³-hybridized carbons (Fsp3) is 0.647. The van der Waals surface area contributed by atoms with E-state index < -0.39 is 0 Å². The average Bonchev–Trinajstić information content (AvgIpc) is 2.35. The summed E-state index contributed by atoms with van der Waals surface area (Å²) in [7, 11) is 1.77. The topological polar surface area (TPSA) is 9.23 Å². The predicted octanol–water partition coefficient (Wildman–Crippen LogP) is 5.25. The van der Waals surface area contributed by atoms with Gasteiger partial charge in [0, 0.05) is 0 Å². The molecule has 0 aliphatic heterocycles. The van der Waals surface area contributed by atoms with E-state index in [4.69, 9.17) is 4.74 Å². The van der Waals surface area contributed by atoms with Crippen LogP contribution in [0.3, 0.4) is 0 Å². The van der Waals surface area contributed by atoms with Crippen LogP contribution in [0.1, 0.15) is 64.0 Å². The van der Waals surface area contributed by atoms with Crippen molar-refractivity contribution >= 4 is 0 Å². The lowest BCUT2D eigenvalue weighted by Gasteiger charge is -2.27. The second-order valence-corrected chi connectivity index (χ2v) is 5.90. The summed E-state index contributed by atoms with van der Waals surface area (Å²) in [5.41, 5.74) is 2.86. The van der Waals surface area contributed by atoms with Crippen LogP contribution in [0, 0.1) is 6.92 Å². The summed E-state index contributed by atoms with van der Waals surface area (Å²) in [6.45, 7) is 9.07. The zero-order valence-corrected chi connectivity index (χ0v) is 12.7. The van der Waals surface area contributed by atoms with E-state index in [0.717, 1.165) is 5.75 Å². The number of ether oxygens (including phenoxy) is 1. The first-order valence-electron chi connectivity index (χ1n) is 7.16. The summed E-state index contributed by atoms with van der Waals surface area (Å²) in [5, 5.41) is 0. The highest BCUT2D eigenvalue weighted by atomic mass is 16.5. The van der Waals surface area contributed by atoms with Gasteiger partial charge >= 0.3 is 0 Å². The van der Waals surface area contributed by atoms with E-state index in [1.807, 2.05) is 0 Å². The third kappa shape index (κ3) is 4.04. The molecular formula is C17H28O. The SMILES string of the molecule is CCCCCCC(C)(C)c1cc(C)ccc1OC. The average molecular weight is 248 g/mol. The van der Waals surface area contributed by atoms with Crippen molar-refractivity contribution in [2.75, 3.05) is 7.11 Å². The van der Waals surface area contributed by atoms with E-state index in [1.165, 1.54) is 43.2 Å². The Hall–Kier alpha value is -0.980. The molecular weight excluding hydrogens is 220 g/mol. The van der Waals surface area contributed by atoms with Crippen LogP contribution in [0.2, 0.25) is 0 Å². The van der Waals surface area contributed by atoms with Crippen LogP contribution in [-0.4, -0.2) is 7.11 Å². The normalized spacial score (nSPS) is 11.6. The number of benzene rings is 1. The van der Waals surface area contributed by atoms with Crippen molar-refractivity contribution < 1.29 is 4.74 Å². The quantitative estimate of drug-likeness (QED) is 0.599. The standard InChI is InChI=1S/C17H28O/c1-6-7-8-9-12-17(3,4)15-13-14(2)10-11-16(15)18-5/h10-11,13H,6-9,12H2,1-5H3. The fourth-order valence-electron chi connectivity index (χ4n) is 2.48. The highest BCUT2D eigenvalue weighted by Gasteiger charge is 2.23. The molecule has 18 heavy (non-hydrogen) atoms. The van der Waals surface area contributed by atoms with Gasteiger partial charge in [0.1, 0.15) is 5.75 Å². The third-order valence-electron chi connectivity index (χ3n) is 3.74. The smallest absolute Gasteiger partial charge is 0.122 e. The third-order valence-corrected chi connectivity index (χ3v) is 3.74. The van der Waals surface area contributed by atoms with Gasteiger partial charge < -0.3 is 4.74 Å². The van der Waals surface area contributed by atoms with Crippen LogP contribution in [0.4, 0.5) is 0 Å². The predicted molar refractivity (Wildman–Crippen MR) is 79.5 cm³/mol. The van der Waals surface area contributed by atoms with Crippen LogP contribution < -0.4 is 4.74 Å². The lowest BCUT2D eigenvalue weighted by molar-refractivity contribution is 0.379. The monoisotopic (exact) mass is 248 g/mol. The minimum atomic E-state index is 0.200. The molecule has 1 heteroatoms. The molecule has 1 aromatic rings. The molecule has 0 aromatic heterocycles. The van der Waals surface area contributed by atoms with Crippen LogP contribution >= 0.6 is 0 Å². The first kappa shape index (κ1) is 15.1. The molecule has 0 saturated carbocycles. The number of hydrogen-bond acceptors (Lipinski definition) is 1. The number of methoxy groups -OCH3 is 1. The first-order chi connectivity index (χ1) is 8.51. The van der Waals surface area contributed by atoms with Gasteiger partial charge in [0.25, 0.3) is 0 Å². The molecule has 1 rings (SSSR count). The van der Waals surface area contributed by atoms with Crippen LogP contribution in [0.25, 0.3) is 0 Å². The van der Waals surface area contributed by atoms with Crippen molar-refractivity contribution in [2.45, 2.75) is 65.2 Å². The van der Waals surface area contributed by atoms with Gasteiger partial charge in [-0.05, 0) is 30.4 Å². The molecule has 0 spiro atoms. The zero-order valence-electron chi connectivity index (χ0n) is 12.7. The van der Waals surface area contributed by atoms with Gasteiger partial charge in [0.05, 0.1) is 7.11 Å². The highest BCUT2D eigenvalue weighted by molar-refractivity contribution is 5.41. The first-order valence-corrected chi connectivity index (χ1v) is 7.16.